The summed E-state index contributed by atoms with van der Waals surface area (Å²) < 4.78 is 25.0. The number of hydrogen-bond donors (Lipinski definition) is 1. The van der Waals surface area contributed by atoms with Crippen LogP contribution in [0.15, 0.2) is 30.3 Å². The van der Waals surface area contributed by atoms with E-state index >= 15 is 0 Å². The third-order valence-corrected chi connectivity index (χ3v) is 3.07. The first-order valence-electron chi connectivity index (χ1n) is 6.22. The smallest absolute Gasteiger partial charge is 0.255 e. The Bertz CT molecular complexity index is 407. The summed E-state index contributed by atoms with van der Waals surface area (Å²) in [6.45, 7) is 3.20. The SMILES string of the molecule is CC(C)(C(=O)N(CCN)CC(F)F)c1ccccc1. The standard InChI is InChI=1S/C14H20F2N2O/c1-14(2,11-6-4-3-5-7-11)13(19)18(9-8-17)10-12(15)16/h3-7,12H,8-10,17H2,1-2H3. The van der Waals surface area contributed by atoms with E-state index in [0.29, 0.717) is 0 Å². The third kappa shape index (κ3) is 3.99. The van der Waals surface area contributed by atoms with Gasteiger partial charge in [-0.05, 0) is 19.4 Å². The van der Waals surface area contributed by atoms with Gasteiger partial charge in [0.05, 0.1) is 12.0 Å². The minimum Gasteiger partial charge on any atom is -0.335 e. The van der Waals surface area contributed by atoms with Gasteiger partial charge in [0.15, 0.2) is 0 Å². The largest absolute Gasteiger partial charge is 0.335 e. The Kier molecular flexibility index (Phi) is 5.42. The Balaban J connectivity index is 2.94. The van der Waals surface area contributed by atoms with Gasteiger partial charge in [0, 0.05) is 13.1 Å². The zero-order chi connectivity index (χ0) is 14.5. The van der Waals surface area contributed by atoms with Crippen molar-refractivity contribution in [2.45, 2.75) is 25.7 Å². The van der Waals surface area contributed by atoms with Crippen molar-refractivity contribution < 1.29 is 13.6 Å². The van der Waals surface area contributed by atoms with Crippen LogP contribution in [0.3, 0.4) is 0 Å². The highest BCUT2D eigenvalue weighted by atomic mass is 19.3. The lowest BCUT2D eigenvalue weighted by Crippen LogP contribution is -2.47. The maximum Gasteiger partial charge on any atom is 0.255 e. The number of benzene rings is 1. The maximum absolute atomic E-state index is 12.5. The number of halogens is 2. The molecule has 106 valence electrons. The van der Waals surface area contributed by atoms with E-state index in [9.17, 15) is 13.6 Å². The molecule has 0 atom stereocenters. The molecule has 19 heavy (non-hydrogen) atoms. The van der Waals surface area contributed by atoms with Crippen molar-refractivity contribution in [1.82, 2.24) is 4.90 Å². The Hall–Kier alpha value is -1.49. The predicted octanol–water partition coefficient (Wildman–Crippen LogP) is 2.02. The zero-order valence-corrected chi connectivity index (χ0v) is 11.3. The lowest BCUT2D eigenvalue weighted by Gasteiger charge is -2.32. The van der Waals surface area contributed by atoms with E-state index in [1.54, 1.807) is 13.8 Å². The summed E-state index contributed by atoms with van der Waals surface area (Å²) in [4.78, 5) is 13.6. The van der Waals surface area contributed by atoms with Crippen molar-refractivity contribution in [3.63, 3.8) is 0 Å². The summed E-state index contributed by atoms with van der Waals surface area (Å²) in [6.07, 6.45) is -2.55. The molecule has 3 nitrogen and oxygen atoms in total. The highest BCUT2D eigenvalue weighted by Gasteiger charge is 2.34. The number of amides is 1. The molecule has 0 heterocycles. The highest BCUT2D eigenvalue weighted by molar-refractivity contribution is 5.87. The molecule has 0 aliphatic rings. The van der Waals surface area contributed by atoms with Crippen LogP contribution in [0, 0.1) is 0 Å². The Morgan fingerprint density at radius 1 is 1.32 bits per heavy atom. The van der Waals surface area contributed by atoms with Gasteiger partial charge >= 0.3 is 0 Å². The van der Waals surface area contributed by atoms with E-state index in [4.69, 9.17) is 5.73 Å². The van der Waals surface area contributed by atoms with E-state index in [1.807, 2.05) is 30.3 Å². The molecule has 1 rings (SSSR count). The molecule has 5 heteroatoms. The van der Waals surface area contributed by atoms with E-state index in [-0.39, 0.29) is 19.0 Å². The first-order chi connectivity index (χ1) is 8.89. The number of hydrogen-bond acceptors (Lipinski definition) is 2. The average Bonchev–Trinajstić information content (AvgIpc) is 2.38. The zero-order valence-electron chi connectivity index (χ0n) is 11.3. The van der Waals surface area contributed by atoms with Crippen LogP contribution in [0.4, 0.5) is 8.78 Å². The monoisotopic (exact) mass is 270 g/mol. The van der Waals surface area contributed by atoms with E-state index in [1.165, 1.54) is 0 Å². The topological polar surface area (TPSA) is 46.3 Å². The van der Waals surface area contributed by atoms with Crippen LogP contribution in [-0.4, -0.2) is 36.9 Å². The van der Waals surface area contributed by atoms with Crippen LogP contribution in [0.5, 0.6) is 0 Å². The van der Waals surface area contributed by atoms with Gasteiger partial charge < -0.3 is 10.6 Å². The molecule has 0 unspecified atom stereocenters. The normalized spacial score (nSPS) is 11.7. The highest BCUT2D eigenvalue weighted by Crippen LogP contribution is 2.25. The molecule has 0 saturated heterocycles. The van der Waals surface area contributed by atoms with E-state index < -0.39 is 18.4 Å². The molecule has 1 aromatic carbocycles. The van der Waals surface area contributed by atoms with Gasteiger partial charge in [-0.1, -0.05) is 30.3 Å². The fraction of sp³-hybridized carbons (Fsp3) is 0.500. The molecule has 0 bridgehead atoms. The van der Waals surface area contributed by atoms with Crippen molar-refractivity contribution in [3.8, 4) is 0 Å². The average molecular weight is 270 g/mol. The minimum atomic E-state index is -2.55. The molecule has 1 amide bonds. The Morgan fingerprint density at radius 3 is 2.37 bits per heavy atom. The number of rotatable bonds is 6. The van der Waals surface area contributed by atoms with Crippen LogP contribution in [0.25, 0.3) is 0 Å². The first-order valence-corrected chi connectivity index (χ1v) is 6.22. The number of carbonyl (C=O) groups is 1. The van der Waals surface area contributed by atoms with Crippen LogP contribution in [-0.2, 0) is 10.2 Å². The lowest BCUT2D eigenvalue weighted by atomic mass is 9.83. The second-order valence-corrected chi connectivity index (χ2v) is 4.92. The number of carbonyl (C=O) groups excluding carboxylic acids is 1. The third-order valence-electron chi connectivity index (χ3n) is 3.07. The van der Waals surface area contributed by atoms with Gasteiger partial charge in [0.1, 0.15) is 0 Å². The van der Waals surface area contributed by atoms with Crippen molar-refractivity contribution in [2.24, 2.45) is 5.73 Å². The first kappa shape index (κ1) is 15.6. The number of nitrogens with two attached hydrogens (primary N) is 1. The van der Waals surface area contributed by atoms with Crippen LogP contribution in [0.1, 0.15) is 19.4 Å². The number of alkyl halides is 2. The summed E-state index contributed by atoms with van der Waals surface area (Å²) in [5.41, 5.74) is 5.35. The van der Waals surface area contributed by atoms with Crippen molar-refractivity contribution in [2.75, 3.05) is 19.6 Å². The van der Waals surface area contributed by atoms with Crippen LogP contribution >= 0.6 is 0 Å². The van der Waals surface area contributed by atoms with Gasteiger partial charge in [-0.2, -0.15) is 0 Å². The van der Waals surface area contributed by atoms with Gasteiger partial charge in [0.2, 0.25) is 5.91 Å². The summed E-state index contributed by atoms with van der Waals surface area (Å²) in [7, 11) is 0. The minimum absolute atomic E-state index is 0.138. The van der Waals surface area contributed by atoms with Crippen LogP contribution < -0.4 is 5.73 Å². The molecule has 0 fully saturated rings. The number of nitrogens with zero attached hydrogens (tertiary/aromatic N) is 1. The summed E-state index contributed by atoms with van der Waals surface area (Å²) in [5, 5.41) is 0. The molecule has 0 radical (unpaired) electrons. The van der Waals surface area contributed by atoms with Gasteiger partial charge in [0.25, 0.3) is 6.43 Å². The second-order valence-electron chi connectivity index (χ2n) is 4.92. The molecular weight excluding hydrogens is 250 g/mol. The molecule has 2 N–H and O–H groups in total. The summed E-state index contributed by atoms with van der Waals surface area (Å²) in [5.74, 6) is -0.329. The van der Waals surface area contributed by atoms with Gasteiger partial charge in [-0.3, -0.25) is 4.79 Å². The maximum atomic E-state index is 12.5. The summed E-state index contributed by atoms with van der Waals surface area (Å²) in [6, 6.07) is 9.14. The van der Waals surface area contributed by atoms with Crippen molar-refractivity contribution in [1.29, 1.82) is 0 Å². The fourth-order valence-electron chi connectivity index (χ4n) is 1.97. The molecule has 0 aromatic heterocycles. The Morgan fingerprint density at radius 2 is 1.89 bits per heavy atom. The van der Waals surface area contributed by atoms with Crippen molar-refractivity contribution in [3.05, 3.63) is 35.9 Å². The molecule has 0 aliphatic heterocycles. The van der Waals surface area contributed by atoms with Crippen molar-refractivity contribution >= 4 is 5.91 Å². The lowest BCUT2D eigenvalue weighted by molar-refractivity contribution is -0.138. The Labute approximate surface area is 112 Å². The molecule has 0 saturated carbocycles. The second kappa shape index (κ2) is 6.61. The van der Waals surface area contributed by atoms with Gasteiger partial charge in [-0.25, -0.2) is 8.78 Å². The molecule has 0 aliphatic carbocycles. The summed E-state index contributed by atoms with van der Waals surface area (Å²) >= 11 is 0. The predicted molar refractivity (Wildman–Crippen MR) is 71.1 cm³/mol. The van der Waals surface area contributed by atoms with Gasteiger partial charge in [-0.15, -0.1) is 0 Å². The quantitative estimate of drug-likeness (QED) is 0.859. The molecular formula is C14H20F2N2O. The molecule has 1 aromatic rings. The fourth-order valence-corrected chi connectivity index (χ4v) is 1.97. The van der Waals surface area contributed by atoms with Crippen LogP contribution in [0.2, 0.25) is 0 Å². The van der Waals surface area contributed by atoms with E-state index in [2.05, 4.69) is 0 Å². The van der Waals surface area contributed by atoms with E-state index in [0.717, 1.165) is 10.5 Å². The molecule has 0 spiro atoms.